The van der Waals surface area contributed by atoms with Gasteiger partial charge in [0.2, 0.25) is 5.95 Å². The summed E-state index contributed by atoms with van der Waals surface area (Å²) in [5.41, 5.74) is 1.69. The topological polar surface area (TPSA) is 98.5 Å². The first-order valence-corrected chi connectivity index (χ1v) is 8.50. The highest BCUT2D eigenvalue weighted by atomic mass is 16.6. The summed E-state index contributed by atoms with van der Waals surface area (Å²) in [6.07, 6.45) is 1.56. The van der Waals surface area contributed by atoms with E-state index in [1.165, 1.54) is 0 Å². The third-order valence-electron chi connectivity index (χ3n) is 3.89. The maximum absolute atomic E-state index is 12.4. The Morgan fingerprint density at radius 3 is 2.78 bits per heavy atom. The molecule has 0 saturated heterocycles. The number of fused-ring (bicyclic) bond motifs is 1. The summed E-state index contributed by atoms with van der Waals surface area (Å²) in [5.74, 6) is 2.06. The Hall–Kier alpha value is -3.55. The Morgan fingerprint density at radius 1 is 1.11 bits per heavy atom. The minimum Gasteiger partial charge on any atom is -0.486 e. The molecule has 0 unspecified atom stereocenters. The predicted molar refractivity (Wildman–Crippen MR) is 97.4 cm³/mol. The van der Waals surface area contributed by atoms with Crippen LogP contribution in [0.15, 0.2) is 47.1 Å². The molecule has 4 rings (SSSR count). The molecule has 1 amide bonds. The smallest absolute Gasteiger partial charge is 0.270 e. The summed E-state index contributed by atoms with van der Waals surface area (Å²) in [6, 6.07) is 10.7. The van der Waals surface area contributed by atoms with E-state index in [0.29, 0.717) is 48.7 Å². The Kier molecular flexibility index (Phi) is 4.61. The molecule has 0 radical (unpaired) electrons. The third-order valence-corrected chi connectivity index (χ3v) is 3.89. The first kappa shape index (κ1) is 16.9. The van der Waals surface area contributed by atoms with Crippen LogP contribution in [-0.2, 0) is 6.54 Å². The fraction of sp³-hybridized carbons (Fsp3) is 0.211. The number of nitrogens with one attached hydrogen (secondary N) is 2. The van der Waals surface area contributed by atoms with Gasteiger partial charge in [-0.2, -0.15) is 0 Å². The highest BCUT2D eigenvalue weighted by Crippen LogP contribution is 2.33. The quantitative estimate of drug-likeness (QED) is 0.716. The zero-order valence-electron chi connectivity index (χ0n) is 14.7. The molecule has 1 aliphatic heterocycles. The fourth-order valence-corrected chi connectivity index (χ4v) is 2.66. The van der Waals surface area contributed by atoms with E-state index in [1.807, 2.05) is 18.2 Å². The van der Waals surface area contributed by atoms with E-state index in [2.05, 4.69) is 20.6 Å². The van der Waals surface area contributed by atoms with Gasteiger partial charge in [-0.3, -0.25) is 4.79 Å². The van der Waals surface area contributed by atoms with Gasteiger partial charge >= 0.3 is 0 Å². The van der Waals surface area contributed by atoms with Crippen molar-refractivity contribution in [1.82, 2.24) is 15.3 Å². The number of anilines is 2. The summed E-state index contributed by atoms with van der Waals surface area (Å²) < 4.78 is 16.3. The average Bonchev–Trinajstić information content (AvgIpc) is 3.19. The van der Waals surface area contributed by atoms with Gasteiger partial charge in [0.15, 0.2) is 11.5 Å². The molecular weight excluding hydrogens is 348 g/mol. The van der Waals surface area contributed by atoms with Gasteiger partial charge in [0.1, 0.15) is 24.7 Å². The van der Waals surface area contributed by atoms with Crippen LogP contribution in [0, 0.1) is 6.92 Å². The van der Waals surface area contributed by atoms with Crippen molar-refractivity contribution in [2.45, 2.75) is 13.5 Å². The van der Waals surface area contributed by atoms with Crippen LogP contribution < -0.4 is 20.1 Å². The lowest BCUT2D eigenvalue weighted by molar-refractivity contribution is 0.0943. The van der Waals surface area contributed by atoms with Gasteiger partial charge in [0.05, 0.1) is 12.8 Å². The minimum absolute atomic E-state index is 0.272. The number of carbonyl (C=O) groups excluding carboxylic acids is 1. The minimum atomic E-state index is -0.304. The van der Waals surface area contributed by atoms with Gasteiger partial charge in [0.25, 0.3) is 5.91 Å². The van der Waals surface area contributed by atoms with E-state index in [4.69, 9.17) is 13.9 Å². The fourth-order valence-electron chi connectivity index (χ4n) is 2.66. The summed E-state index contributed by atoms with van der Waals surface area (Å²) >= 11 is 0. The number of ether oxygens (including phenoxy) is 2. The van der Waals surface area contributed by atoms with E-state index in [-0.39, 0.29) is 11.6 Å². The molecule has 0 bridgehead atoms. The molecule has 27 heavy (non-hydrogen) atoms. The van der Waals surface area contributed by atoms with E-state index < -0.39 is 0 Å². The van der Waals surface area contributed by atoms with Crippen LogP contribution in [0.3, 0.4) is 0 Å². The van der Waals surface area contributed by atoms with Crippen molar-refractivity contribution in [2.75, 3.05) is 18.5 Å². The molecule has 2 aromatic heterocycles. The monoisotopic (exact) mass is 366 g/mol. The van der Waals surface area contributed by atoms with Gasteiger partial charge < -0.3 is 24.5 Å². The number of aryl methyl sites for hydroxylation is 1. The number of aromatic nitrogens is 2. The maximum Gasteiger partial charge on any atom is 0.270 e. The first-order chi connectivity index (χ1) is 13.2. The second-order valence-corrected chi connectivity index (χ2v) is 5.96. The van der Waals surface area contributed by atoms with E-state index in [1.54, 1.807) is 31.4 Å². The first-order valence-electron chi connectivity index (χ1n) is 8.50. The summed E-state index contributed by atoms with van der Waals surface area (Å²) in [7, 11) is 0. The van der Waals surface area contributed by atoms with Crippen LogP contribution in [0.5, 0.6) is 11.5 Å². The molecule has 0 aliphatic carbocycles. The number of hydrogen-bond acceptors (Lipinski definition) is 7. The zero-order valence-corrected chi connectivity index (χ0v) is 14.7. The van der Waals surface area contributed by atoms with Crippen LogP contribution in [-0.4, -0.2) is 29.1 Å². The lowest BCUT2D eigenvalue weighted by Gasteiger charge is -2.19. The lowest BCUT2D eigenvalue weighted by atomic mass is 10.2. The molecule has 1 aromatic carbocycles. The van der Waals surface area contributed by atoms with E-state index in [0.717, 1.165) is 5.69 Å². The highest BCUT2D eigenvalue weighted by Gasteiger charge is 2.14. The number of nitrogens with zero attached hydrogens (tertiary/aromatic N) is 2. The van der Waals surface area contributed by atoms with Crippen molar-refractivity contribution < 1.29 is 18.7 Å². The summed E-state index contributed by atoms with van der Waals surface area (Å²) in [4.78, 5) is 21.0. The van der Waals surface area contributed by atoms with Crippen molar-refractivity contribution in [1.29, 1.82) is 0 Å². The number of amides is 1. The number of carbonyl (C=O) groups is 1. The van der Waals surface area contributed by atoms with Gasteiger partial charge in [-0.25, -0.2) is 9.97 Å². The molecular formula is C19H18N4O4. The third kappa shape index (κ3) is 4.00. The van der Waals surface area contributed by atoms with Crippen molar-refractivity contribution >= 4 is 17.5 Å². The average molecular weight is 366 g/mol. The van der Waals surface area contributed by atoms with Crippen molar-refractivity contribution in [3.63, 3.8) is 0 Å². The summed E-state index contributed by atoms with van der Waals surface area (Å²) in [5, 5.41) is 5.88. The maximum atomic E-state index is 12.4. The SMILES string of the molecule is Cc1cc(C(=O)NCc2ccco2)nc(Nc2ccc3c(c2)OCCO3)n1. The molecule has 3 aromatic rings. The lowest BCUT2D eigenvalue weighted by Crippen LogP contribution is -2.24. The molecule has 0 fully saturated rings. The van der Waals surface area contributed by atoms with Crippen LogP contribution >= 0.6 is 0 Å². The zero-order chi connectivity index (χ0) is 18.6. The van der Waals surface area contributed by atoms with Crippen molar-refractivity contribution in [3.05, 3.63) is 59.8 Å². The molecule has 138 valence electrons. The Bertz CT molecular complexity index is 956. The Morgan fingerprint density at radius 2 is 1.96 bits per heavy atom. The molecule has 8 nitrogen and oxygen atoms in total. The molecule has 0 saturated carbocycles. The number of rotatable bonds is 5. The van der Waals surface area contributed by atoms with Crippen LogP contribution in [0.25, 0.3) is 0 Å². The normalized spacial score (nSPS) is 12.5. The second-order valence-electron chi connectivity index (χ2n) is 5.96. The molecule has 1 aliphatic rings. The highest BCUT2D eigenvalue weighted by molar-refractivity contribution is 5.92. The molecule has 2 N–H and O–H groups in total. The van der Waals surface area contributed by atoms with E-state index >= 15 is 0 Å². The second kappa shape index (κ2) is 7.36. The van der Waals surface area contributed by atoms with Crippen molar-refractivity contribution in [3.8, 4) is 11.5 Å². The number of benzene rings is 1. The molecule has 8 heteroatoms. The Balaban J connectivity index is 1.49. The molecule has 3 heterocycles. The number of furan rings is 1. The van der Waals surface area contributed by atoms with Gasteiger partial charge in [-0.15, -0.1) is 0 Å². The van der Waals surface area contributed by atoms with Crippen molar-refractivity contribution in [2.24, 2.45) is 0 Å². The van der Waals surface area contributed by atoms with Gasteiger partial charge in [-0.05, 0) is 37.3 Å². The largest absolute Gasteiger partial charge is 0.486 e. The molecule has 0 spiro atoms. The van der Waals surface area contributed by atoms with Gasteiger partial charge in [0, 0.05) is 17.4 Å². The summed E-state index contributed by atoms with van der Waals surface area (Å²) in [6.45, 7) is 3.15. The standard InChI is InChI=1S/C19H18N4O4/c1-12-9-15(18(24)20-11-14-3-2-6-25-14)23-19(21-12)22-13-4-5-16-17(10-13)27-8-7-26-16/h2-6,9-10H,7-8,11H2,1H3,(H,20,24)(H,21,22,23). The van der Waals surface area contributed by atoms with E-state index in [9.17, 15) is 4.79 Å². The van der Waals surface area contributed by atoms with Crippen LogP contribution in [0.1, 0.15) is 21.9 Å². The van der Waals surface area contributed by atoms with Crippen LogP contribution in [0.2, 0.25) is 0 Å². The number of hydrogen-bond donors (Lipinski definition) is 2. The predicted octanol–water partition coefficient (Wildman–Crippen LogP) is 2.82. The van der Waals surface area contributed by atoms with Gasteiger partial charge in [-0.1, -0.05) is 0 Å². The molecule has 0 atom stereocenters. The van der Waals surface area contributed by atoms with Crippen LogP contribution in [0.4, 0.5) is 11.6 Å². The Labute approximate surface area is 155 Å².